The van der Waals surface area contributed by atoms with Gasteiger partial charge in [0, 0.05) is 32.7 Å². The molecule has 7 nitrogen and oxygen atoms in total. The van der Waals surface area contributed by atoms with Crippen molar-refractivity contribution in [1.29, 1.82) is 0 Å². The highest BCUT2D eigenvalue weighted by Gasteiger charge is 2.31. The number of carbonyl (C=O) groups excluding carboxylic acids is 2. The lowest BCUT2D eigenvalue weighted by molar-refractivity contribution is -0.123. The average molecular weight is 453 g/mol. The van der Waals surface area contributed by atoms with Gasteiger partial charge in [0.25, 0.3) is 5.91 Å². The van der Waals surface area contributed by atoms with Crippen molar-refractivity contribution < 1.29 is 18.7 Å². The first-order chi connectivity index (χ1) is 16.0. The van der Waals surface area contributed by atoms with Gasteiger partial charge in [-0.15, -0.1) is 0 Å². The highest BCUT2D eigenvalue weighted by molar-refractivity contribution is 6.12. The molecule has 0 aliphatic carbocycles. The van der Waals surface area contributed by atoms with Gasteiger partial charge >= 0.3 is 0 Å². The number of hydrogen-bond donors (Lipinski definition) is 1. The number of anilines is 1. The fourth-order valence-electron chi connectivity index (χ4n) is 3.97. The lowest BCUT2D eigenvalue weighted by atomic mass is 10.1. The molecule has 0 unspecified atom stereocenters. The molecule has 0 atom stereocenters. The second-order valence-corrected chi connectivity index (χ2v) is 8.37. The van der Waals surface area contributed by atoms with Gasteiger partial charge in [0.2, 0.25) is 5.91 Å². The van der Waals surface area contributed by atoms with Crippen molar-refractivity contribution in [3.63, 3.8) is 0 Å². The summed E-state index contributed by atoms with van der Waals surface area (Å²) in [5.74, 6) is -0.556. The zero-order valence-corrected chi connectivity index (χ0v) is 18.8. The summed E-state index contributed by atoms with van der Waals surface area (Å²) in [4.78, 5) is 31.9. The molecule has 2 aromatic carbocycles. The van der Waals surface area contributed by atoms with Crippen LogP contribution in [0, 0.1) is 5.82 Å². The Kier molecular flexibility index (Phi) is 7.36. The highest BCUT2D eigenvalue weighted by atomic mass is 19.1. The van der Waals surface area contributed by atoms with E-state index in [2.05, 4.69) is 22.2 Å². The topological polar surface area (TPSA) is 65.1 Å². The second kappa shape index (κ2) is 10.6. The number of rotatable bonds is 7. The fraction of sp³-hybridized carbons (Fsp3) is 0.360. The Bertz CT molecular complexity index is 1030. The van der Waals surface area contributed by atoms with Crippen LogP contribution in [0.5, 0.6) is 5.75 Å². The van der Waals surface area contributed by atoms with Crippen LogP contribution in [0.4, 0.5) is 10.1 Å². The van der Waals surface area contributed by atoms with E-state index in [-0.39, 0.29) is 18.2 Å². The van der Waals surface area contributed by atoms with E-state index < -0.39 is 11.7 Å². The van der Waals surface area contributed by atoms with Gasteiger partial charge in [-0.1, -0.05) is 24.3 Å². The molecule has 4 rings (SSSR count). The Morgan fingerprint density at radius 1 is 1.12 bits per heavy atom. The number of fused-ring (bicyclic) bond motifs is 1. The molecule has 8 heteroatoms. The highest BCUT2D eigenvalue weighted by Crippen LogP contribution is 2.35. The van der Waals surface area contributed by atoms with Crippen LogP contribution in [0.15, 0.2) is 54.3 Å². The Morgan fingerprint density at radius 3 is 2.70 bits per heavy atom. The average Bonchev–Trinajstić information content (AvgIpc) is 2.81. The van der Waals surface area contributed by atoms with E-state index in [1.165, 1.54) is 23.1 Å². The van der Waals surface area contributed by atoms with Crippen molar-refractivity contribution in [2.45, 2.75) is 6.42 Å². The molecule has 1 fully saturated rings. The van der Waals surface area contributed by atoms with E-state index in [4.69, 9.17) is 4.74 Å². The van der Waals surface area contributed by atoms with Gasteiger partial charge in [-0.05, 0) is 55.9 Å². The number of nitrogens with zero attached hydrogens (tertiary/aromatic N) is 3. The molecular formula is C25H29FN4O3. The zero-order chi connectivity index (χ0) is 23.2. The lowest BCUT2D eigenvalue weighted by Crippen LogP contribution is -2.46. The number of hydrogen-bond acceptors (Lipinski definition) is 5. The number of carbonyl (C=O) groups is 2. The number of halogens is 1. The van der Waals surface area contributed by atoms with Crippen molar-refractivity contribution in [2.24, 2.45) is 0 Å². The molecule has 0 radical (unpaired) electrons. The van der Waals surface area contributed by atoms with Gasteiger partial charge in [-0.3, -0.25) is 14.5 Å². The normalized spacial score (nSPS) is 18.2. The van der Waals surface area contributed by atoms with Crippen molar-refractivity contribution in [3.8, 4) is 5.75 Å². The third-order valence-electron chi connectivity index (χ3n) is 5.85. The predicted molar refractivity (Wildman–Crippen MR) is 125 cm³/mol. The van der Waals surface area contributed by atoms with Crippen LogP contribution in [0.1, 0.15) is 12.0 Å². The minimum absolute atomic E-state index is 0.0437. The molecule has 2 aliphatic heterocycles. The fourth-order valence-corrected chi connectivity index (χ4v) is 3.97. The van der Waals surface area contributed by atoms with E-state index in [0.29, 0.717) is 23.5 Å². The molecule has 0 bridgehead atoms. The molecule has 2 heterocycles. The third kappa shape index (κ3) is 5.97. The minimum Gasteiger partial charge on any atom is -0.449 e. The summed E-state index contributed by atoms with van der Waals surface area (Å²) < 4.78 is 19.3. The van der Waals surface area contributed by atoms with E-state index in [9.17, 15) is 14.0 Å². The van der Waals surface area contributed by atoms with Crippen molar-refractivity contribution in [3.05, 3.63) is 65.7 Å². The quantitative estimate of drug-likeness (QED) is 0.516. The summed E-state index contributed by atoms with van der Waals surface area (Å²) in [5.41, 5.74) is 1.04. The number of nitrogens with one attached hydrogen (secondary N) is 1. The van der Waals surface area contributed by atoms with E-state index in [1.807, 2.05) is 0 Å². The van der Waals surface area contributed by atoms with Crippen LogP contribution in [0.25, 0.3) is 6.08 Å². The number of piperazine rings is 1. The van der Waals surface area contributed by atoms with Gasteiger partial charge in [-0.2, -0.15) is 0 Å². The summed E-state index contributed by atoms with van der Waals surface area (Å²) >= 11 is 0. The Morgan fingerprint density at radius 2 is 1.91 bits per heavy atom. The van der Waals surface area contributed by atoms with E-state index in [0.717, 1.165) is 39.1 Å². The second-order valence-electron chi connectivity index (χ2n) is 8.37. The maximum absolute atomic E-state index is 13.6. The summed E-state index contributed by atoms with van der Waals surface area (Å²) in [6, 6.07) is 13.0. The van der Waals surface area contributed by atoms with Crippen LogP contribution in [0.2, 0.25) is 0 Å². The Hall–Kier alpha value is -3.23. The number of likely N-dealkylation sites (N-methyl/N-ethyl adjacent to an activating group) is 1. The SMILES string of the molecule is CN1CCN(CCCNC(=O)CN2C(=O)C(=Cc3cccc(F)c3)Oc3ccccc32)CC1. The van der Waals surface area contributed by atoms with Gasteiger partial charge in [0.05, 0.1) is 5.69 Å². The van der Waals surface area contributed by atoms with E-state index in [1.54, 1.807) is 36.4 Å². The molecule has 2 aliphatic rings. The van der Waals surface area contributed by atoms with Crippen LogP contribution in [-0.4, -0.2) is 74.5 Å². The standard InChI is InChI=1S/C25H29FN4O3/c1-28-12-14-29(15-13-28)11-5-10-27-24(31)18-30-21-8-2-3-9-22(21)33-23(25(30)32)17-19-6-4-7-20(26)16-19/h2-4,6-9,16-17H,5,10-15,18H2,1H3,(H,27,31). The molecule has 2 aromatic rings. The third-order valence-corrected chi connectivity index (χ3v) is 5.85. The predicted octanol–water partition coefficient (Wildman–Crippen LogP) is 2.35. The van der Waals surface area contributed by atoms with E-state index >= 15 is 0 Å². The number of benzene rings is 2. The summed E-state index contributed by atoms with van der Waals surface area (Å²) in [5, 5.41) is 2.92. The molecule has 174 valence electrons. The molecule has 0 spiro atoms. The number of ether oxygens (including phenoxy) is 1. The number of para-hydroxylation sites is 2. The first kappa shape index (κ1) is 22.9. The monoisotopic (exact) mass is 452 g/mol. The van der Waals surface area contributed by atoms with Crippen LogP contribution in [0.3, 0.4) is 0 Å². The minimum atomic E-state index is -0.439. The molecule has 33 heavy (non-hydrogen) atoms. The van der Waals surface area contributed by atoms with Crippen molar-refractivity contribution >= 4 is 23.6 Å². The van der Waals surface area contributed by atoms with Crippen LogP contribution < -0.4 is 15.0 Å². The largest absolute Gasteiger partial charge is 0.449 e. The van der Waals surface area contributed by atoms with Crippen molar-refractivity contribution in [2.75, 3.05) is 57.8 Å². The van der Waals surface area contributed by atoms with Crippen LogP contribution >= 0.6 is 0 Å². The van der Waals surface area contributed by atoms with Crippen LogP contribution in [-0.2, 0) is 9.59 Å². The van der Waals surface area contributed by atoms with Gasteiger partial charge < -0.3 is 19.9 Å². The van der Waals surface area contributed by atoms with Crippen molar-refractivity contribution in [1.82, 2.24) is 15.1 Å². The van der Waals surface area contributed by atoms with Gasteiger partial charge in [0.15, 0.2) is 11.5 Å². The smallest absolute Gasteiger partial charge is 0.294 e. The summed E-state index contributed by atoms with van der Waals surface area (Å²) in [6.07, 6.45) is 2.34. The molecule has 0 aromatic heterocycles. The first-order valence-electron chi connectivity index (χ1n) is 11.2. The maximum atomic E-state index is 13.6. The Labute approximate surface area is 193 Å². The summed E-state index contributed by atoms with van der Waals surface area (Å²) in [7, 11) is 2.13. The summed E-state index contributed by atoms with van der Waals surface area (Å²) in [6.45, 7) is 5.60. The maximum Gasteiger partial charge on any atom is 0.294 e. The molecule has 2 amide bonds. The van der Waals surface area contributed by atoms with Gasteiger partial charge in [-0.25, -0.2) is 4.39 Å². The molecule has 1 saturated heterocycles. The Balaban J connectivity index is 1.38. The van der Waals surface area contributed by atoms with Gasteiger partial charge in [0.1, 0.15) is 12.4 Å². The zero-order valence-electron chi connectivity index (χ0n) is 18.8. The molecular weight excluding hydrogens is 423 g/mol. The number of amides is 2. The molecule has 0 saturated carbocycles. The molecule has 1 N–H and O–H groups in total. The lowest BCUT2D eigenvalue weighted by Gasteiger charge is -2.32. The first-order valence-corrected chi connectivity index (χ1v) is 11.2.